The number of hydrogen-bond acceptors (Lipinski definition) is 6. The molecule has 0 aliphatic rings. The van der Waals surface area contributed by atoms with E-state index in [1.54, 1.807) is 32.9 Å². The summed E-state index contributed by atoms with van der Waals surface area (Å²) in [6.45, 7) is 5.82. The Morgan fingerprint density at radius 1 is 1.25 bits per heavy atom. The molecule has 0 radical (unpaired) electrons. The number of benzene rings is 1. The second-order valence-corrected chi connectivity index (χ2v) is 9.37. The van der Waals surface area contributed by atoms with Crippen LogP contribution in [0.25, 0.3) is 10.8 Å². The summed E-state index contributed by atoms with van der Waals surface area (Å²) in [5, 5.41) is 10.6. The Morgan fingerprint density at radius 2 is 1.96 bits per heavy atom. The Bertz CT molecular complexity index is 938. The van der Waals surface area contributed by atoms with Crippen molar-refractivity contribution >= 4 is 26.8 Å². The normalized spacial score (nSPS) is 12.5. The van der Waals surface area contributed by atoms with E-state index in [-0.39, 0.29) is 24.4 Å². The number of rotatable bonds is 8. The van der Waals surface area contributed by atoms with Crippen LogP contribution in [-0.2, 0) is 19.6 Å². The predicted octanol–water partition coefficient (Wildman–Crippen LogP) is 1.44. The lowest BCUT2D eigenvalue weighted by Crippen LogP contribution is -2.36. The minimum absolute atomic E-state index is 0.000464. The standard InChI is InChI=1S/C19H28N3O5S/c1-19(2,3)27-18(23)9-13-22(11-5-10-20)28(25,26)17-7-4-6-15-14-21(24)12-8-16(15)17/h4,6-8,12,14,24H,5,9-11,13,20H2,1-3H3/q+1. The minimum atomic E-state index is -3.87. The molecule has 0 aliphatic heterocycles. The topological polar surface area (TPSA) is 114 Å². The fraction of sp³-hybridized carbons (Fsp3) is 0.474. The molecule has 0 amide bonds. The van der Waals surface area contributed by atoms with E-state index in [0.29, 0.717) is 23.7 Å². The Kier molecular flexibility index (Phi) is 6.97. The van der Waals surface area contributed by atoms with Gasteiger partial charge in [-0.1, -0.05) is 6.07 Å². The van der Waals surface area contributed by atoms with Crippen molar-refractivity contribution in [3.8, 4) is 0 Å². The summed E-state index contributed by atoms with van der Waals surface area (Å²) in [7, 11) is -3.87. The molecule has 3 N–H and O–H groups in total. The van der Waals surface area contributed by atoms with E-state index < -0.39 is 21.6 Å². The third-order valence-corrected chi connectivity index (χ3v) is 5.94. The van der Waals surface area contributed by atoms with Gasteiger partial charge in [-0.25, -0.2) is 8.42 Å². The van der Waals surface area contributed by atoms with Crippen molar-refractivity contribution in [1.29, 1.82) is 0 Å². The van der Waals surface area contributed by atoms with Gasteiger partial charge < -0.3 is 10.5 Å². The Morgan fingerprint density at radius 3 is 2.61 bits per heavy atom. The Labute approximate surface area is 165 Å². The number of hydrogen-bond donors (Lipinski definition) is 2. The second-order valence-electron chi connectivity index (χ2n) is 7.47. The Hall–Kier alpha value is -2.23. The van der Waals surface area contributed by atoms with E-state index in [0.717, 1.165) is 4.73 Å². The molecule has 154 valence electrons. The Balaban J connectivity index is 2.33. The maximum atomic E-state index is 13.3. The van der Waals surface area contributed by atoms with Crippen LogP contribution < -0.4 is 10.5 Å². The molecule has 0 saturated carbocycles. The number of ether oxygens (including phenoxy) is 1. The molecule has 0 fully saturated rings. The fourth-order valence-electron chi connectivity index (χ4n) is 2.78. The number of carbonyl (C=O) groups excluding carboxylic acids is 1. The molecule has 1 aromatic carbocycles. The van der Waals surface area contributed by atoms with Gasteiger partial charge in [0, 0.05) is 29.3 Å². The molecule has 0 atom stereocenters. The molecule has 1 aromatic heterocycles. The monoisotopic (exact) mass is 410 g/mol. The smallest absolute Gasteiger partial charge is 0.307 e. The molecule has 0 aliphatic carbocycles. The first-order valence-corrected chi connectivity index (χ1v) is 10.5. The molecule has 28 heavy (non-hydrogen) atoms. The van der Waals surface area contributed by atoms with Crippen molar-refractivity contribution in [2.75, 3.05) is 19.6 Å². The van der Waals surface area contributed by atoms with Crippen molar-refractivity contribution < 1.29 is 27.9 Å². The molecule has 1 heterocycles. The highest BCUT2D eigenvalue weighted by atomic mass is 32.2. The van der Waals surface area contributed by atoms with Crippen LogP contribution in [0.2, 0.25) is 0 Å². The SMILES string of the molecule is CC(C)(C)OC(=O)CCN(CCCN)S(=O)(=O)c1cccc2c[n+](O)ccc12. The van der Waals surface area contributed by atoms with Crippen molar-refractivity contribution in [1.82, 2.24) is 4.31 Å². The predicted molar refractivity (Wildman–Crippen MR) is 104 cm³/mol. The molecular formula is C19H28N3O5S+. The molecule has 9 heteroatoms. The molecule has 0 bridgehead atoms. The lowest BCUT2D eigenvalue weighted by Gasteiger charge is -2.24. The van der Waals surface area contributed by atoms with Gasteiger partial charge in [-0.05, 0) is 45.9 Å². The van der Waals surface area contributed by atoms with Crippen LogP contribution in [0.4, 0.5) is 0 Å². The molecule has 8 nitrogen and oxygen atoms in total. The van der Waals surface area contributed by atoms with Gasteiger partial charge in [0.15, 0.2) is 0 Å². The zero-order valence-corrected chi connectivity index (χ0v) is 17.3. The summed E-state index contributed by atoms with van der Waals surface area (Å²) >= 11 is 0. The maximum Gasteiger partial charge on any atom is 0.307 e. The van der Waals surface area contributed by atoms with Gasteiger partial charge in [-0.15, -0.1) is 0 Å². The van der Waals surface area contributed by atoms with E-state index in [4.69, 9.17) is 10.5 Å². The van der Waals surface area contributed by atoms with Crippen molar-refractivity contribution in [3.63, 3.8) is 0 Å². The number of nitrogens with two attached hydrogens (primary N) is 1. The second kappa shape index (κ2) is 8.85. The number of nitrogens with zero attached hydrogens (tertiary/aromatic N) is 2. The number of fused-ring (bicyclic) bond motifs is 1. The number of pyridine rings is 1. The van der Waals surface area contributed by atoms with E-state index in [9.17, 15) is 18.4 Å². The zero-order chi connectivity index (χ0) is 20.9. The summed E-state index contributed by atoms with van der Waals surface area (Å²) < 4.78 is 34.0. The number of carbonyl (C=O) groups is 1. The summed E-state index contributed by atoms with van der Waals surface area (Å²) in [5.41, 5.74) is 4.93. The highest BCUT2D eigenvalue weighted by Crippen LogP contribution is 2.25. The first-order chi connectivity index (χ1) is 13.0. The summed E-state index contributed by atoms with van der Waals surface area (Å²) in [4.78, 5) is 12.2. The van der Waals surface area contributed by atoms with Gasteiger partial charge in [-0.2, -0.15) is 4.31 Å². The minimum Gasteiger partial charge on any atom is -0.460 e. The van der Waals surface area contributed by atoms with Gasteiger partial charge in [0.05, 0.1) is 16.7 Å². The summed E-state index contributed by atoms with van der Waals surface area (Å²) in [6, 6.07) is 6.38. The van der Waals surface area contributed by atoms with Gasteiger partial charge in [0.2, 0.25) is 22.4 Å². The van der Waals surface area contributed by atoms with E-state index in [2.05, 4.69) is 0 Å². The van der Waals surface area contributed by atoms with Gasteiger partial charge >= 0.3 is 5.97 Å². The van der Waals surface area contributed by atoms with Crippen molar-refractivity contribution in [3.05, 3.63) is 36.7 Å². The summed E-state index contributed by atoms with van der Waals surface area (Å²) in [5.74, 6) is -0.459. The highest BCUT2D eigenvalue weighted by Gasteiger charge is 2.28. The van der Waals surface area contributed by atoms with Crippen LogP contribution in [0.15, 0.2) is 41.6 Å². The number of aromatic nitrogens is 1. The van der Waals surface area contributed by atoms with Crippen molar-refractivity contribution in [2.24, 2.45) is 5.73 Å². The van der Waals surface area contributed by atoms with Crippen LogP contribution in [0.1, 0.15) is 33.6 Å². The van der Waals surface area contributed by atoms with Gasteiger partial charge in [0.25, 0.3) is 0 Å². The van der Waals surface area contributed by atoms with Crippen molar-refractivity contribution in [2.45, 2.75) is 44.1 Å². The molecule has 0 spiro atoms. The average Bonchev–Trinajstić information content (AvgIpc) is 2.59. The fourth-order valence-corrected chi connectivity index (χ4v) is 4.47. The van der Waals surface area contributed by atoms with Crippen LogP contribution in [0.3, 0.4) is 0 Å². The van der Waals surface area contributed by atoms with E-state index in [1.165, 1.54) is 28.8 Å². The zero-order valence-electron chi connectivity index (χ0n) is 16.5. The molecular weight excluding hydrogens is 382 g/mol. The lowest BCUT2D eigenvalue weighted by molar-refractivity contribution is -0.904. The molecule has 0 saturated heterocycles. The van der Waals surface area contributed by atoms with E-state index in [1.807, 2.05) is 0 Å². The molecule has 2 rings (SSSR count). The van der Waals surface area contributed by atoms with E-state index >= 15 is 0 Å². The van der Waals surface area contributed by atoms with Crippen LogP contribution in [-0.4, -0.2) is 49.1 Å². The van der Waals surface area contributed by atoms with Crippen LogP contribution in [0, 0.1) is 0 Å². The maximum absolute atomic E-state index is 13.3. The van der Waals surface area contributed by atoms with Gasteiger partial charge in [0.1, 0.15) is 5.60 Å². The molecule has 0 unspecified atom stereocenters. The quantitative estimate of drug-likeness (QED) is 0.387. The first kappa shape index (κ1) is 22.1. The third kappa shape index (κ3) is 5.63. The average molecular weight is 411 g/mol. The van der Waals surface area contributed by atoms with Gasteiger partial charge in [-0.3, -0.25) is 10.0 Å². The van der Waals surface area contributed by atoms with Crippen LogP contribution >= 0.6 is 0 Å². The van der Waals surface area contributed by atoms with Crippen LogP contribution in [0.5, 0.6) is 0 Å². The largest absolute Gasteiger partial charge is 0.460 e. The number of sulfonamides is 1. The summed E-state index contributed by atoms with van der Waals surface area (Å²) in [6.07, 6.45) is 3.21. The highest BCUT2D eigenvalue weighted by molar-refractivity contribution is 7.89. The molecule has 2 aromatic rings. The number of esters is 1. The lowest BCUT2D eigenvalue weighted by atomic mass is 10.2. The first-order valence-electron chi connectivity index (χ1n) is 9.10. The third-order valence-electron chi connectivity index (χ3n) is 3.98.